The molecule has 0 heterocycles. The van der Waals surface area contributed by atoms with Gasteiger partial charge >= 0.3 is 12.4 Å². The van der Waals surface area contributed by atoms with Crippen molar-refractivity contribution in [3.05, 3.63) is 29.8 Å². The number of rotatable bonds is 6. The van der Waals surface area contributed by atoms with Crippen LogP contribution in [0.5, 0.6) is 0 Å². The molecule has 3 nitrogen and oxygen atoms in total. The van der Waals surface area contributed by atoms with E-state index in [4.69, 9.17) is 5.26 Å². The molecule has 1 aromatic rings. The van der Waals surface area contributed by atoms with Gasteiger partial charge < -0.3 is 0 Å². The van der Waals surface area contributed by atoms with Crippen molar-refractivity contribution in [2.75, 3.05) is 0 Å². The Morgan fingerprint density at radius 1 is 1.08 bits per heavy atom. The third-order valence-electron chi connectivity index (χ3n) is 3.07. The van der Waals surface area contributed by atoms with Crippen molar-refractivity contribution in [1.29, 1.82) is 5.26 Å². The summed E-state index contributed by atoms with van der Waals surface area (Å²) in [5, 5.41) is 8.95. The maximum absolute atomic E-state index is 12.5. The van der Waals surface area contributed by atoms with Crippen molar-refractivity contribution in [3.63, 3.8) is 0 Å². The molecule has 10 heteroatoms. The standard InChI is InChI=1S/C14H14F6N2OS/c1-9-2-4-11(5-3-9)24(23)22-12(8-21)10(6-13(15,16)17)7-14(18,19)20/h2-5,10,12,22H,6-7H2,1H3/t12-,24?/m1/s1. The Balaban J connectivity index is 2.94. The smallest absolute Gasteiger partial charge is 0.237 e. The highest BCUT2D eigenvalue weighted by atomic mass is 32.2. The van der Waals surface area contributed by atoms with Crippen molar-refractivity contribution in [2.45, 2.75) is 43.1 Å². The first-order chi connectivity index (χ1) is 10.9. The molecule has 0 spiro atoms. The van der Waals surface area contributed by atoms with Gasteiger partial charge in [-0.1, -0.05) is 17.7 Å². The zero-order valence-corrected chi connectivity index (χ0v) is 13.2. The monoisotopic (exact) mass is 372 g/mol. The maximum atomic E-state index is 12.5. The molecule has 134 valence electrons. The Labute approximate surface area is 137 Å². The highest BCUT2D eigenvalue weighted by Crippen LogP contribution is 2.34. The number of hydrogen-bond donors (Lipinski definition) is 1. The van der Waals surface area contributed by atoms with E-state index in [9.17, 15) is 30.6 Å². The molecule has 1 rings (SSSR count). The Hall–Kier alpha value is -1.60. The molecule has 0 aliphatic heterocycles. The van der Waals surface area contributed by atoms with Crippen LogP contribution in [-0.2, 0) is 11.0 Å². The minimum absolute atomic E-state index is 0.151. The van der Waals surface area contributed by atoms with Crippen molar-refractivity contribution < 1.29 is 30.6 Å². The van der Waals surface area contributed by atoms with Crippen LogP contribution in [0.25, 0.3) is 0 Å². The van der Waals surface area contributed by atoms with Gasteiger partial charge in [-0.25, -0.2) is 8.93 Å². The van der Waals surface area contributed by atoms with Crippen molar-refractivity contribution in [3.8, 4) is 6.07 Å². The molecule has 0 aromatic heterocycles. The van der Waals surface area contributed by atoms with Crippen LogP contribution in [0.1, 0.15) is 18.4 Å². The number of nitrogens with zero attached hydrogens (tertiary/aromatic N) is 1. The number of hydrogen-bond acceptors (Lipinski definition) is 2. The normalized spacial score (nSPS) is 15.1. The number of aryl methyl sites for hydroxylation is 1. The maximum Gasteiger partial charge on any atom is 0.389 e. The molecule has 0 saturated carbocycles. The molecule has 1 aromatic carbocycles. The van der Waals surface area contributed by atoms with Gasteiger partial charge in [0.1, 0.15) is 17.0 Å². The molecule has 1 N–H and O–H groups in total. The third-order valence-corrected chi connectivity index (χ3v) is 4.24. The van der Waals surface area contributed by atoms with Gasteiger partial charge in [0.2, 0.25) is 0 Å². The summed E-state index contributed by atoms with van der Waals surface area (Å²) in [7, 11) is -2.11. The summed E-state index contributed by atoms with van der Waals surface area (Å²) in [5.74, 6) is -2.09. The second kappa shape index (κ2) is 7.98. The van der Waals surface area contributed by atoms with Crippen LogP contribution >= 0.6 is 0 Å². The number of nitriles is 1. The van der Waals surface area contributed by atoms with Crippen LogP contribution in [0.4, 0.5) is 26.3 Å². The molecule has 2 atom stereocenters. The van der Waals surface area contributed by atoms with E-state index in [0.717, 1.165) is 5.56 Å². The van der Waals surface area contributed by atoms with Gasteiger partial charge in [0, 0.05) is 18.8 Å². The summed E-state index contributed by atoms with van der Waals surface area (Å²) >= 11 is 0. The van der Waals surface area contributed by atoms with Gasteiger partial charge in [-0.05, 0) is 19.1 Å². The molecular weight excluding hydrogens is 358 g/mol. The van der Waals surface area contributed by atoms with Crippen molar-refractivity contribution in [1.82, 2.24) is 4.72 Å². The molecule has 0 radical (unpaired) electrons. The van der Waals surface area contributed by atoms with E-state index in [1.807, 2.05) is 0 Å². The summed E-state index contributed by atoms with van der Waals surface area (Å²) in [6, 6.07) is 5.48. The average Bonchev–Trinajstić information content (AvgIpc) is 2.41. The van der Waals surface area contributed by atoms with Gasteiger partial charge in [-0.2, -0.15) is 31.6 Å². The van der Waals surface area contributed by atoms with Crippen molar-refractivity contribution in [2.24, 2.45) is 5.92 Å². The Kier molecular flexibility index (Phi) is 6.80. The molecule has 0 fully saturated rings. The topological polar surface area (TPSA) is 52.9 Å². The Bertz CT molecular complexity index is 590. The summed E-state index contributed by atoms with van der Waals surface area (Å²) in [4.78, 5) is 0.151. The fraction of sp³-hybridized carbons (Fsp3) is 0.500. The molecule has 0 saturated heterocycles. The number of halogens is 6. The Morgan fingerprint density at radius 2 is 1.54 bits per heavy atom. The SMILES string of the molecule is Cc1ccc(S(=O)N[C@H](C#N)C(CC(F)(F)F)CC(F)(F)F)cc1. The first-order valence-corrected chi connectivity index (χ1v) is 7.84. The predicted molar refractivity (Wildman–Crippen MR) is 75.0 cm³/mol. The lowest BCUT2D eigenvalue weighted by atomic mass is 9.93. The minimum Gasteiger partial charge on any atom is -0.237 e. The van der Waals surface area contributed by atoms with Gasteiger partial charge in [0.25, 0.3) is 0 Å². The lowest BCUT2D eigenvalue weighted by Crippen LogP contribution is -2.40. The van der Waals surface area contributed by atoms with Crippen LogP contribution in [0.15, 0.2) is 29.2 Å². The fourth-order valence-electron chi connectivity index (χ4n) is 1.98. The van der Waals surface area contributed by atoms with E-state index in [1.165, 1.54) is 18.2 Å². The molecule has 0 bridgehead atoms. The van der Waals surface area contributed by atoms with E-state index in [2.05, 4.69) is 4.72 Å². The van der Waals surface area contributed by atoms with Crippen LogP contribution < -0.4 is 4.72 Å². The zero-order valence-electron chi connectivity index (χ0n) is 12.4. The van der Waals surface area contributed by atoms with Gasteiger partial charge in [0.05, 0.1) is 11.0 Å². The second-order valence-electron chi connectivity index (χ2n) is 5.21. The fourth-order valence-corrected chi connectivity index (χ4v) is 2.97. The van der Waals surface area contributed by atoms with E-state index < -0.39 is 48.1 Å². The molecule has 24 heavy (non-hydrogen) atoms. The quantitative estimate of drug-likeness (QED) is 0.767. The van der Waals surface area contributed by atoms with E-state index >= 15 is 0 Å². The molecular formula is C14H14F6N2OS. The first kappa shape index (κ1) is 20.4. The highest BCUT2D eigenvalue weighted by Gasteiger charge is 2.42. The van der Waals surface area contributed by atoms with Gasteiger partial charge in [-0.3, -0.25) is 0 Å². The van der Waals surface area contributed by atoms with Crippen molar-refractivity contribution >= 4 is 11.0 Å². The lowest BCUT2D eigenvalue weighted by Gasteiger charge is -2.24. The van der Waals surface area contributed by atoms with Crippen LogP contribution in [-0.4, -0.2) is 22.6 Å². The number of nitrogens with one attached hydrogen (secondary N) is 1. The van der Waals surface area contributed by atoms with E-state index in [-0.39, 0.29) is 4.90 Å². The molecule has 0 amide bonds. The first-order valence-electron chi connectivity index (χ1n) is 6.69. The predicted octanol–water partition coefficient (Wildman–Crippen LogP) is 4.02. The number of alkyl halides is 6. The summed E-state index contributed by atoms with van der Waals surface area (Å²) in [6.45, 7) is 1.75. The lowest BCUT2D eigenvalue weighted by molar-refractivity contribution is -0.174. The highest BCUT2D eigenvalue weighted by molar-refractivity contribution is 7.83. The van der Waals surface area contributed by atoms with E-state index in [0.29, 0.717) is 0 Å². The Morgan fingerprint density at radius 3 is 1.92 bits per heavy atom. The van der Waals surface area contributed by atoms with Gasteiger partial charge in [-0.15, -0.1) is 0 Å². The van der Waals surface area contributed by atoms with Crippen LogP contribution in [0.3, 0.4) is 0 Å². The number of benzene rings is 1. The summed E-state index contributed by atoms with van der Waals surface area (Å²) in [5.41, 5.74) is 0.833. The van der Waals surface area contributed by atoms with Crippen LogP contribution in [0.2, 0.25) is 0 Å². The third kappa shape index (κ3) is 7.31. The molecule has 0 aliphatic rings. The second-order valence-corrected chi connectivity index (χ2v) is 6.45. The molecule has 0 aliphatic carbocycles. The zero-order chi connectivity index (χ0) is 18.5. The molecule has 1 unspecified atom stereocenters. The summed E-state index contributed by atoms with van der Waals surface area (Å²) < 4.78 is 89.1. The summed E-state index contributed by atoms with van der Waals surface area (Å²) in [6.07, 6.45) is -13.4. The van der Waals surface area contributed by atoms with Gasteiger partial charge in [0.15, 0.2) is 0 Å². The van der Waals surface area contributed by atoms with E-state index in [1.54, 1.807) is 19.1 Å². The average molecular weight is 372 g/mol. The van der Waals surface area contributed by atoms with Crippen LogP contribution in [0, 0.1) is 24.2 Å². The minimum atomic E-state index is -4.88. The largest absolute Gasteiger partial charge is 0.389 e.